The Morgan fingerprint density at radius 1 is 1.26 bits per heavy atom. The summed E-state index contributed by atoms with van der Waals surface area (Å²) in [7, 11) is -1.44. The van der Waals surface area contributed by atoms with Crippen molar-refractivity contribution in [2.45, 2.75) is 39.1 Å². The number of benzene rings is 1. The summed E-state index contributed by atoms with van der Waals surface area (Å²) in [5.41, 5.74) is 1.03. The molecule has 0 saturated heterocycles. The third kappa shape index (κ3) is 6.41. The van der Waals surface area contributed by atoms with Crippen molar-refractivity contribution in [3.05, 3.63) is 35.9 Å². The maximum Gasteiger partial charge on any atom is 0.455 e. The second kappa shape index (κ2) is 7.97. The van der Waals surface area contributed by atoms with Crippen LogP contribution >= 0.6 is 0 Å². The first kappa shape index (κ1) is 15.7. The van der Waals surface area contributed by atoms with Crippen molar-refractivity contribution in [1.82, 2.24) is 5.32 Å². The molecule has 0 unspecified atom stereocenters. The fourth-order valence-corrected chi connectivity index (χ4v) is 2.02. The lowest BCUT2D eigenvalue weighted by atomic mass is 9.67. The number of hydrogen-bond donors (Lipinski definition) is 3. The van der Waals surface area contributed by atoms with Crippen molar-refractivity contribution in [3.63, 3.8) is 0 Å². The van der Waals surface area contributed by atoms with Gasteiger partial charge >= 0.3 is 7.12 Å². The van der Waals surface area contributed by atoms with Gasteiger partial charge in [-0.15, -0.1) is 0 Å². The van der Waals surface area contributed by atoms with Gasteiger partial charge in [0.1, 0.15) is 0 Å². The van der Waals surface area contributed by atoms with Crippen molar-refractivity contribution >= 4 is 13.0 Å². The molecule has 1 aromatic carbocycles. The van der Waals surface area contributed by atoms with Gasteiger partial charge in [0, 0.05) is 18.8 Å². The lowest BCUT2D eigenvalue weighted by Crippen LogP contribution is -2.30. The van der Waals surface area contributed by atoms with E-state index in [-0.39, 0.29) is 12.3 Å². The summed E-state index contributed by atoms with van der Waals surface area (Å²) >= 11 is 0. The van der Waals surface area contributed by atoms with E-state index in [1.54, 1.807) is 0 Å². The van der Waals surface area contributed by atoms with Gasteiger partial charge in [-0.1, -0.05) is 44.2 Å². The Morgan fingerprint density at radius 2 is 1.89 bits per heavy atom. The van der Waals surface area contributed by atoms with Crippen LogP contribution in [0, 0.1) is 5.92 Å². The van der Waals surface area contributed by atoms with E-state index in [0.717, 1.165) is 5.56 Å². The summed E-state index contributed by atoms with van der Waals surface area (Å²) in [6.07, 6.45) is 0.763. The van der Waals surface area contributed by atoms with Crippen molar-refractivity contribution in [1.29, 1.82) is 0 Å². The van der Waals surface area contributed by atoms with E-state index >= 15 is 0 Å². The maximum atomic E-state index is 11.8. The molecule has 5 heteroatoms. The van der Waals surface area contributed by atoms with Gasteiger partial charge < -0.3 is 15.4 Å². The third-order valence-electron chi connectivity index (χ3n) is 2.98. The van der Waals surface area contributed by atoms with Gasteiger partial charge in [0.25, 0.3) is 0 Å². The molecule has 0 aliphatic rings. The number of amides is 1. The molecule has 0 heterocycles. The van der Waals surface area contributed by atoms with E-state index in [4.69, 9.17) is 0 Å². The number of hydrogen-bond acceptors (Lipinski definition) is 3. The van der Waals surface area contributed by atoms with Gasteiger partial charge in [0.05, 0.1) is 0 Å². The highest BCUT2D eigenvalue weighted by Gasteiger charge is 2.26. The quantitative estimate of drug-likeness (QED) is 0.654. The van der Waals surface area contributed by atoms with E-state index in [1.165, 1.54) is 0 Å². The summed E-state index contributed by atoms with van der Waals surface area (Å²) in [6.45, 7) is 4.46. The van der Waals surface area contributed by atoms with Crippen LogP contribution in [0.15, 0.2) is 30.3 Å². The van der Waals surface area contributed by atoms with E-state index in [1.807, 2.05) is 44.2 Å². The molecule has 0 radical (unpaired) electrons. The molecule has 19 heavy (non-hydrogen) atoms. The van der Waals surface area contributed by atoms with Crippen molar-refractivity contribution < 1.29 is 14.8 Å². The molecule has 0 fully saturated rings. The molecule has 3 N–H and O–H groups in total. The molecule has 1 atom stereocenters. The van der Waals surface area contributed by atoms with Crippen LogP contribution in [0.5, 0.6) is 0 Å². The highest BCUT2D eigenvalue weighted by atomic mass is 16.4. The molecular formula is C14H22BNO3. The second-order valence-electron chi connectivity index (χ2n) is 5.27. The zero-order valence-corrected chi connectivity index (χ0v) is 11.5. The minimum Gasteiger partial charge on any atom is -0.427 e. The zero-order chi connectivity index (χ0) is 14.3. The van der Waals surface area contributed by atoms with E-state index in [9.17, 15) is 14.8 Å². The Balaban J connectivity index is 2.40. The number of carbonyl (C=O) groups is 1. The standard InChI is InChI=1S/C14H22BNO3/c1-11(2)8-13(15(18)19)9-14(17)16-10-12-6-4-3-5-7-12/h3-7,11,13,18-19H,8-10H2,1-2H3,(H,16,17)/t13-/m1/s1. The molecule has 1 aromatic rings. The minimum absolute atomic E-state index is 0.142. The van der Waals surface area contributed by atoms with Crippen LogP contribution < -0.4 is 5.32 Å². The Morgan fingerprint density at radius 3 is 2.42 bits per heavy atom. The van der Waals surface area contributed by atoms with Crippen LogP contribution in [0.2, 0.25) is 5.82 Å². The fourth-order valence-electron chi connectivity index (χ4n) is 2.02. The lowest BCUT2D eigenvalue weighted by Gasteiger charge is -2.17. The summed E-state index contributed by atoms with van der Waals surface area (Å²) in [6, 6.07) is 9.63. The van der Waals surface area contributed by atoms with Gasteiger partial charge in [-0.2, -0.15) is 0 Å². The molecule has 0 aliphatic heterocycles. The SMILES string of the molecule is CC(C)C[C@H](CC(=O)NCc1ccccc1)B(O)O. The van der Waals surface area contributed by atoms with Crippen molar-refractivity contribution in [2.24, 2.45) is 5.92 Å². The Bertz CT molecular complexity index is 382. The van der Waals surface area contributed by atoms with E-state index in [0.29, 0.717) is 18.9 Å². The number of nitrogens with one attached hydrogen (secondary N) is 1. The van der Waals surface area contributed by atoms with Gasteiger partial charge in [-0.3, -0.25) is 4.79 Å². The molecular weight excluding hydrogens is 241 g/mol. The molecule has 0 saturated carbocycles. The smallest absolute Gasteiger partial charge is 0.427 e. The molecule has 104 valence electrons. The lowest BCUT2D eigenvalue weighted by molar-refractivity contribution is -0.121. The monoisotopic (exact) mass is 263 g/mol. The van der Waals surface area contributed by atoms with Gasteiger partial charge in [-0.25, -0.2) is 0 Å². The molecule has 0 bridgehead atoms. The van der Waals surface area contributed by atoms with Crippen LogP contribution in [-0.4, -0.2) is 23.1 Å². The average Bonchev–Trinajstić information content (AvgIpc) is 2.36. The predicted octanol–water partition coefficient (Wildman–Crippen LogP) is 1.58. The van der Waals surface area contributed by atoms with Crippen LogP contribution in [0.3, 0.4) is 0 Å². The average molecular weight is 263 g/mol. The summed E-state index contributed by atoms with van der Waals surface area (Å²) in [5.74, 6) is -0.230. The normalized spacial score (nSPS) is 12.3. The van der Waals surface area contributed by atoms with Gasteiger partial charge in [-0.05, 0) is 17.9 Å². The van der Waals surface area contributed by atoms with Gasteiger partial charge in [0.2, 0.25) is 5.91 Å². The highest BCUT2D eigenvalue weighted by molar-refractivity contribution is 6.43. The van der Waals surface area contributed by atoms with E-state index in [2.05, 4.69) is 5.32 Å². The topological polar surface area (TPSA) is 69.6 Å². The number of rotatable bonds is 7. The molecule has 1 rings (SSSR count). The highest BCUT2D eigenvalue weighted by Crippen LogP contribution is 2.22. The predicted molar refractivity (Wildman–Crippen MR) is 76.3 cm³/mol. The van der Waals surface area contributed by atoms with Crippen molar-refractivity contribution in [3.8, 4) is 0 Å². The first-order valence-corrected chi connectivity index (χ1v) is 6.65. The molecule has 4 nitrogen and oxygen atoms in total. The fraction of sp³-hybridized carbons (Fsp3) is 0.500. The number of carbonyl (C=O) groups excluding carboxylic acids is 1. The Kier molecular flexibility index (Phi) is 6.60. The second-order valence-corrected chi connectivity index (χ2v) is 5.27. The molecule has 1 amide bonds. The van der Waals surface area contributed by atoms with Crippen LogP contribution in [0.1, 0.15) is 32.3 Å². The van der Waals surface area contributed by atoms with E-state index < -0.39 is 12.9 Å². The first-order valence-electron chi connectivity index (χ1n) is 6.65. The Labute approximate surface area is 115 Å². The molecule has 0 spiro atoms. The Hall–Kier alpha value is -1.33. The van der Waals surface area contributed by atoms with Crippen LogP contribution in [0.4, 0.5) is 0 Å². The summed E-state index contributed by atoms with van der Waals surface area (Å²) < 4.78 is 0. The largest absolute Gasteiger partial charge is 0.455 e. The third-order valence-corrected chi connectivity index (χ3v) is 2.98. The molecule has 0 aliphatic carbocycles. The van der Waals surface area contributed by atoms with Crippen LogP contribution in [-0.2, 0) is 11.3 Å². The van der Waals surface area contributed by atoms with Crippen molar-refractivity contribution in [2.75, 3.05) is 0 Å². The summed E-state index contributed by atoms with van der Waals surface area (Å²) in [5, 5.41) is 21.3. The van der Waals surface area contributed by atoms with Gasteiger partial charge in [0.15, 0.2) is 0 Å². The summed E-state index contributed by atoms with van der Waals surface area (Å²) in [4.78, 5) is 11.8. The maximum absolute atomic E-state index is 11.8. The van der Waals surface area contributed by atoms with Crippen LogP contribution in [0.25, 0.3) is 0 Å². The molecule has 0 aromatic heterocycles. The minimum atomic E-state index is -1.44. The first-order chi connectivity index (χ1) is 8.99. The zero-order valence-electron chi connectivity index (χ0n) is 11.5.